The molecule has 0 fully saturated rings. The molecule has 0 saturated heterocycles. The maximum absolute atomic E-state index is 13.7. The minimum Gasteiger partial charge on any atom is -0.327 e. The van der Waals surface area contributed by atoms with Crippen LogP contribution in [0.1, 0.15) is 31.7 Å². The van der Waals surface area contributed by atoms with E-state index in [-0.39, 0.29) is 40.4 Å². The summed E-state index contributed by atoms with van der Waals surface area (Å²) >= 11 is -2.16. The zero-order valence-electron chi connectivity index (χ0n) is 19.9. The number of unbranched alkanes of at least 4 members (excludes halogenated alkanes) is 1. The van der Waals surface area contributed by atoms with Crippen LogP contribution in [0, 0.1) is 11.6 Å². The molecule has 1 aliphatic rings. The Morgan fingerprint density at radius 3 is 2.44 bits per heavy atom. The molecule has 8 N–H and O–H groups in total. The van der Waals surface area contributed by atoms with Gasteiger partial charge in [-0.15, -0.1) is 0 Å². The van der Waals surface area contributed by atoms with Crippen LogP contribution in [0.3, 0.4) is 0 Å². The summed E-state index contributed by atoms with van der Waals surface area (Å²) in [4.78, 5) is 35.4. The number of nitrogens with one attached hydrogen (secondary N) is 2. The van der Waals surface area contributed by atoms with E-state index in [1.165, 1.54) is 6.08 Å². The number of aliphatic hydroxyl groups is 1. The Morgan fingerprint density at radius 2 is 1.81 bits per heavy atom. The summed E-state index contributed by atoms with van der Waals surface area (Å²) in [6.45, 7) is 2.45. The Labute approximate surface area is 215 Å². The van der Waals surface area contributed by atoms with Gasteiger partial charge in [0, 0.05) is 0 Å². The molecule has 0 aromatic heterocycles. The number of halogens is 3. The van der Waals surface area contributed by atoms with Crippen molar-refractivity contribution in [3.63, 3.8) is 0 Å². The quantitative estimate of drug-likeness (QED) is 0.0835. The minimum absolute atomic E-state index is 0.0309. The first kappa shape index (κ1) is 29.8. The monoisotopic (exact) mass is 622 g/mol. The predicted octanol–water partition coefficient (Wildman–Crippen LogP) is 1.32. The number of benzene rings is 1. The Hall–Kier alpha value is -2.42. The fraction of sp³-hybridized carbons (Fsp3) is 0.458. The number of carbonyl (C=O) groups excluding carboxylic acids is 2. The van der Waals surface area contributed by atoms with Crippen LogP contribution in [-0.2, 0) is 20.8 Å². The number of amides is 2. The van der Waals surface area contributed by atoms with E-state index in [2.05, 4.69) is 10.6 Å². The molecule has 200 valence electrons. The second kappa shape index (κ2) is 14.4. The summed E-state index contributed by atoms with van der Waals surface area (Å²) in [7, 11) is 0. The third-order valence-electron chi connectivity index (χ3n) is 5.47. The number of carboxylic acids is 1. The molecule has 36 heavy (non-hydrogen) atoms. The zero-order chi connectivity index (χ0) is 26.8. The van der Waals surface area contributed by atoms with Crippen LogP contribution in [-0.4, -0.2) is 61.2 Å². The molecule has 9 nitrogen and oxygen atoms in total. The molecule has 2 rings (SSSR count). The molecule has 2 unspecified atom stereocenters. The number of hydrogen-bond donors (Lipinski definition) is 6. The molecule has 1 aliphatic heterocycles. The van der Waals surface area contributed by atoms with Crippen molar-refractivity contribution in [3.05, 3.63) is 57.2 Å². The van der Waals surface area contributed by atoms with E-state index >= 15 is 0 Å². The van der Waals surface area contributed by atoms with Gasteiger partial charge in [0.25, 0.3) is 0 Å². The molecule has 12 heteroatoms. The summed E-state index contributed by atoms with van der Waals surface area (Å²) in [6, 6.07) is 2.43. The Bertz CT molecular complexity index is 1010. The fourth-order valence-corrected chi connectivity index (χ4v) is 8.69. The average Bonchev–Trinajstić information content (AvgIpc) is 2.82. The smallest absolute Gasteiger partial charge is 0.327 e. The van der Waals surface area contributed by atoms with Gasteiger partial charge < -0.3 is 5.73 Å². The van der Waals surface area contributed by atoms with Crippen molar-refractivity contribution in [3.8, 4) is 0 Å². The predicted molar refractivity (Wildman–Crippen MR) is 140 cm³/mol. The van der Waals surface area contributed by atoms with Crippen LogP contribution in [0.25, 0.3) is 0 Å². The van der Waals surface area contributed by atoms with E-state index in [1.807, 2.05) is 6.92 Å². The van der Waals surface area contributed by atoms with E-state index in [1.54, 1.807) is 10.2 Å². The molecule has 2 amide bonds. The van der Waals surface area contributed by atoms with Crippen molar-refractivity contribution in [2.45, 2.75) is 52.7 Å². The number of aliphatic hydroxyl groups excluding tert-OH is 1. The van der Waals surface area contributed by atoms with Crippen LogP contribution in [0.2, 0.25) is 0 Å². The molecular formula is C24H33F2IN4O5. The van der Waals surface area contributed by atoms with Gasteiger partial charge in [0.15, 0.2) is 0 Å². The number of aliphatic carboxylic acids is 1. The van der Waals surface area contributed by atoms with Gasteiger partial charge in [-0.3, -0.25) is 0 Å². The number of rotatable bonds is 13. The van der Waals surface area contributed by atoms with E-state index in [0.29, 0.717) is 19.4 Å². The fourth-order valence-electron chi connectivity index (χ4n) is 3.53. The van der Waals surface area contributed by atoms with Gasteiger partial charge in [-0.25, -0.2) is 8.78 Å². The van der Waals surface area contributed by atoms with Crippen molar-refractivity contribution >= 4 is 37.6 Å². The molecule has 0 radical (unpaired) electrons. The van der Waals surface area contributed by atoms with Crippen LogP contribution < -0.4 is 22.1 Å². The third-order valence-corrected chi connectivity index (χ3v) is 11.6. The van der Waals surface area contributed by atoms with Gasteiger partial charge in [0.2, 0.25) is 0 Å². The number of hydrogen-bond acceptors (Lipinski definition) is 6. The van der Waals surface area contributed by atoms with Crippen LogP contribution in [0.4, 0.5) is 8.78 Å². The Morgan fingerprint density at radius 1 is 1.14 bits per heavy atom. The van der Waals surface area contributed by atoms with Crippen molar-refractivity contribution in [1.29, 1.82) is 0 Å². The van der Waals surface area contributed by atoms with Crippen molar-refractivity contribution in [2.75, 3.05) is 13.1 Å². The maximum atomic E-state index is 13.7. The summed E-state index contributed by atoms with van der Waals surface area (Å²) in [5, 5.41) is 24.7. The molecule has 0 aliphatic carbocycles. The van der Waals surface area contributed by atoms with Gasteiger partial charge in [0.05, 0.1) is 0 Å². The normalized spacial score (nSPS) is 18.7. The Balaban J connectivity index is 1.63. The van der Waals surface area contributed by atoms with Crippen LogP contribution in [0.5, 0.6) is 0 Å². The average molecular weight is 622 g/mol. The first-order valence-corrected chi connectivity index (χ1v) is 15.2. The van der Waals surface area contributed by atoms with Gasteiger partial charge >= 0.3 is 160 Å². The second-order valence-electron chi connectivity index (χ2n) is 8.42. The number of carboxylic acid groups (broad SMARTS) is 1. The first-order valence-electron chi connectivity index (χ1n) is 11.5. The third kappa shape index (κ3) is 9.22. The molecule has 1 aromatic rings. The van der Waals surface area contributed by atoms with Crippen LogP contribution in [0.15, 0.2) is 40.0 Å². The standard InChI is InChI=1S/C24H33F2IN4O5/c1-14-10-15(24(35)36)6-7-27(14)22(29)21(33)23(34)31-9-3-2-8-30-20(32)13-18(28)12-16-11-17(25)4-5-19(16)26/h4-7,10-11,14,18,21-22,33H,2-3,8-9,12-13,28-29H2,1H3,(H,30,32)(H,31,34)(H,35,36)/t14?,18?,21-,22-/m0/s1. The van der Waals surface area contributed by atoms with Crippen LogP contribution >= 0.6 is 19.8 Å². The van der Waals surface area contributed by atoms with E-state index < -0.39 is 59.5 Å². The Kier molecular flexibility index (Phi) is 11.9. The second-order valence-corrected chi connectivity index (χ2v) is 14.7. The van der Waals surface area contributed by atoms with Crippen molar-refractivity contribution < 1.29 is 33.4 Å². The van der Waals surface area contributed by atoms with Gasteiger partial charge in [-0.05, 0) is 30.2 Å². The van der Waals surface area contributed by atoms with E-state index in [0.717, 1.165) is 18.2 Å². The zero-order valence-corrected chi connectivity index (χ0v) is 22.1. The summed E-state index contributed by atoms with van der Waals surface area (Å²) in [6.07, 6.45) is 2.78. The minimum atomic E-state index is -2.16. The summed E-state index contributed by atoms with van der Waals surface area (Å²) < 4.78 is 27.8. The molecule has 1 heterocycles. The molecule has 1 aromatic carbocycles. The summed E-state index contributed by atoms with van der Waals surface area (Å²) in [5.41, 5.74) is 12.3. The number of alkyl halides is 2. The SMILES string of the molecule is CC1C=C(C(=O)O)C=CI1[C@@H](N)[C@H](O)C(=O)NCCCCNC(=O)CC(N)Cc1cc(F)ccc1F. The number of allylic oxidation sites excluding steroid dienone is 1. The molecule has 0 saturated carbocycles. The number of carbonyl (C=O) groups is 3. The molecular weight excluding hydrogens is 589 g/mol. The molecule has 4 atom stereocenters. The van der Waals surface area contributed by atoms with E-state index in [9.17, 15) is 28.3 Å². The van der Waals surface area contributed by atoms with Gasteiger partial charge in [0.1, 0.15) is 11.6 Å². The summed E-state index contributed by atoms with van der Waals surface area (Å²) in [5.74, 6) is -3.08. The molecule has 0 bridgehead atoms. The topological polar surface area (TPSA) is 168 Å². The van der Waals surface area contributed by atoms with Gasteiger partial charge in [-0.1, -0.05) is 0 Å². The van der Waals surface area contributed by atoms with Gasteiger partial charge in [-0.2, -0.15) is 0 Å². The van der Waals surface area contributed by atoms with E-state index in [4.69, 9.17) is 16.6 Å². The number of nitrogens with two attached hydrogens (primary N) is 2. The van der Waals surface area contributed by atoms with Crippen molar-refractivity contribution in [2.24, 2.45) is 11.5 Å². The first-order chi connectivity index (χ1) is 17.0. The van der Waals surface area contributed by atoms with Crippen molar-refractivity contribution in [1.82, 2.24) is 10.6 Å². The molecule has 0 spiro atoms.